The first-order chi connectivity index (χ1) is 19.2. The SMILES string of the molecule is CC(C)(OC(=O)Nc1ccc2c(c1)N(S(=O)(=O)c1cccc(C(F)(F)F)c1)CCO2)C(F)(F)F.CCOC(=O)C(C)O. The molecule has 234 valence electrons. The fourth-order valence-electron chi connectivity index (χ4n) is 3.18. The first kappa shape index (κ1) is 34.5. The number of amides is 1. The number of hydrogen-bond acceptors (Lipinski definition) is 8. The number of benzene rings is 2. The van der Waals surface area contributed by atoms with Gasteiger partial charge in [-0.3, -0.25) is 9.62 Å². The van der Waals surface area contributed by atoms with E-state index in [-0.39, 0.29) is 30.3 Å². The highest BCUT2D eigenvalue weighted by molar-refractivity contribution is 7.92. The van der Waals surface area contributed by atoms with Crippen molar-refractivity contribution in [2.75, 3.05) is 29.4 Å². The van der Waals surface area contributed by atoms with Gasteiger partial charge in [-0.2, -0.15) is 26.3 Å². The monoisotopic (exact) mass is 630 g/mol. The Labute approximate surface area is 237 Å². The molecule has 0 saturated heterocycles. The van der Waals surface area contributed by atoms with Crippen molar-refractivity contribution in [3.63, 3.8) is 0 Å². The molecule has 42 heavy (non-hydrogen) atoms. The zero-order valence-corrected chi connectivity index (χ0v) is 23.5. The Kier molecular flexibility index (Phi) is 10.7. The lowest BCUT2D eigenvalue weighted by molar-refractivity contribution is -0.242. The standard InChI is InChI=1S/C20H18F6N2O5S.C5H10O3/c1-18(2,20(24,25)26)33-17(29)27-13-6-7-16-15(11-13)28(8-9-32-16)34(30,31)14-5-3-4-12(10-14)19(21,22)23;1-3-8-5(7)4(2)6/h3-7,10-11H,8-9H2,1-2H3,(H,27,29);4,6H,3H2,1-2H3. The average molecular weight is 631 g/mol. The summed E-state index contributed by atoms with van der Waals surface area (Å²) in [5.74, 6) is -0.524. The molecule has 17 heteroatoms. The largest absolute Gasteiger partial charge is 0.489 e. The number of anilines is 2. The van der Waals surface area contributed by atoms with E-state index in [9.17, 15) is 44.3 Å². The molecule has 2 N–H and O–H groups in total. The van der Waals surface area contributed by atoms with Crippen LogP contribution in [-0.4, -0.2) is 63.2 Å². The Balaban J connectivity index is 0.000000675. The van der Waals surface area contributed by atoms with Crippen LogP contribution >= 0.6 is 0 Å². The number of sulfonamides is 1. The van der Waals surface area contributed by atoms with Gasteiger partial charge >= 0.3 is 24.4 Å². The number of alkyl halides is 6. The van der Waals surface area contributed by atoms with Gasteiger partial charge in [-0.15, -0.1) is 0 Å². The number of rotatable bonds is 6. The lowest BCUT2D eigenvalue weighted by Gasteiger charge is -2.31. The molecule has 2 aromatic rings. The van der Waals surface area contributed by atoms with Crippen molar-refractivity contribution in [2.45, 2.75) is 56.6 Å². The second-order valence-corrected chi connectivity index (χ2v) is 10.9. The van der Waals surface area contributed by atoms with Crippen molar-refractivity contribution in [3.8, 4) is 5.75 Å². The van der Waals surface area contributed by atoms with Crippen molar-refractivity contribution in [3.05, 3.63) is 48.0 Å². The Morgan fingerprint density at radius 3 is 2.26 bits per heavy atom. The van der Waals surface area contributed by atoms with Crippen LogP contribution in [0, 0.1) is 0 Å². The molecule has 1 amide bonds. The van der Waals surface area contributed by atoms with Gasteiger partial charge in [0.25, 0.3) is 10.0 Å². The van der Waals surface area contributed by atoms with Crippen molar-refractivity contribution in [2.24, 2.45) is 0 Å². The molecule has 1 heterocycles. The van der Waals surface area contributed by atoms with Crippen LogP contribution in [-0.2, 0) is 30.5 Å². The number of fused-ring (bicyclic) bond motifs is 1. The lowest BCUT2D eigenvalue weighted by atomic mass is 10.1. The number of aliphatic hydroxyl groups is 1. The summed E-state index contributed by atoms with van der Waals surface area (Å²) in [6.07, 6.45) is -12.1. The number of nitrogens with one attached hydrogen (secondary N) is 1. The third-order valence-electron chi connectivity index (χ3n) is 5.43. The molecule has 3 rings (SSSR count). The molecule has 1 aliphatic heterocycles. The van der Waals surface area contributed by atoms with Crippen LogP contribution < -0.4 is 14.4 Å². The maximum absolute atomic E-state index is 13.1. The van der Waals surface area contributed by atoms with Gasteiger partial charge in [0.15, 0.2) is 0 Å². The molecular weight excluding hydrogens is 602 g/mol. The molecule has 0 fully saturated rings. The fourth-order valence-corrected chi connectivity index (χ4v) is 4.67. The fraction of sp³-hybridized carbons (Fsp3) is 0.440. The van der Waals surface area contributed by atoms with E-state index in [0.717, 1.165) is 28.6 Å². The summed E-state index contributed by atoms with van der Waals surface area (Å²) < 4.78 is 119. The first-order valence-electron chi connectivity index (χ1n) is 12.1. The highest BCUT2D eigenvalue weighted by atomic mass is 32.2. The van der Waals surface area contributed by atoms with E-state index < -0.39 is 56.6 Å². The molecule has 0 bridgehead atoms. The molecule has 1 atom stereocenters. The van der Waals surface area contributed by atoms with Crippen LogP contribution in [0.2, 0.25) is 0 Å². The van der Waals surface area contributed by atoms with E-state index in [2.05, 4.69) is 14.8 Å². The summed E-state index contributed by atoms with van der Waals surface area (Å²) >= 11 is 0. The molecule has 0 aliphatic carbocycles. The van der Waals surface area contributed by atoms with Crippen LogP contribution in [0.15, 0.2) is 47.4 Å². The Morgan fingerprint density at radius 2 is 1.74 bits per heavy atom. The number of nitrogens with zero attached hydrogens (tertiary/aromatic N) is 1. The quantitative estimate of drug-likeness (QED) is 0.333. The third kappa shape index (κ3) is 8.64. The van der Waals surface area contributed by atoms with Crippen LogP contribution in [0.25, 0.3) is 0 Å². The molecule has 0 aromatic heterocycles. The highest BCUT2D eigenvalue weighted by Gasteiger charge is 2.51. The minimum Gasteiger partial charge on any atom is -0.489 e. The smallest absolute Gasteiger partial charge is 0.427 e. The predicted molar refractivity (Wildman–Crippen MR) is 136 cm³/mol. The normalized spacial score (nSPS) is 14.4. The van der Waals surface area contributed by atoms with Gasteiger partial charge in [-0.25, -0.2) is 18.0 Å². The summed E-state index contributed by atoms with van der Waals surface area (Å²) in [6.45, 7) is 4.32. The van der Waals surface area contributed by atoms with E-state index in [1.54, 1.807) is 6.92 Å². The van der Waals surface area contributed by atoms with Crippen LogP contribution in [0.3, 0.4) is 0 Å². The number of ether oxygens (including phenoxy) is 3. The minimum absolute atomic E-state index is 0.0383. The molecule has 1 aliphatic rings. The summed E-state index contributed by atoms with van der Waals surface area (Å²) in [7, 11) is -4.49. The van der Waals surface area contributed by atoms with Gasteiger partial charge in [0, 0.05) is 5.69 Å². The minimum atomic E-state index is -4.84. The third-order valence-corrected chi connectivity index (χ3v) is 7.24. The van der Waals surface area contributed by atoms with E-state index in [1.165, 1.54) is 19.1 Å². The number of halogens is 6. The highest BCUT2D eigenvalue weighted by Crippen LogP contribution is 2.39. The summed E-state index contributed by atoms with van der Waals surface area (Å²) in [5.41, 5.74) is -4.21. The first-order valence-corrected chi connectivity index (χ1v) is 13.5. The number of esters is 1. The van der Waals surface area contributed by atoms with Crippen LogP contribution in [0.4, 0.5) is 42.5 Å². The van der Waals surface area contributed by atoms with Crippen molar-refractivity contribution in [1.29, 1.82) is 0 Å². The Bertz CT molecular complexity index is 1380. The summed E-state index contributed by atoms with van der Waals surface area (Å²) in [4.78, 5) is 21.6. The van der Waals surface area contributed by atoms with Crippen molar-refractivity contribution >= 4 is 33.5 Å². The predicted octanol–water partition coefficient (Wildman–Crippen LogP) is 5.11. The Hall–Kier alpha value is -3.73. The summed E-state index contributed by atoms with van der Waals surface area (Å²) in [6, 6.07) is 6.76. The second-order valence-electron chi connectivity index (χ2n) is 9.08. The number of carbonyl (C=O) groups is 2. The van der Waals surface area contributed by atoms with Gasteiger partial charge in [0.1, 0.15) is 18.5 Å². The van der Waals surface area contributed by atoms with E-state index in [4.69, 9.17) is 9.84 Å². The molecular formula is C25H28F6N2O8S. The lowest BCUT2D eigenvalue weighted by Crippen LogP contribution is -2.44. The van der Waals surface area contributed by atoms with Crippen LogP contribution in [0.1, 0.15) is 33.3 Å². The molecule has 0 spiro atoms. The van der Waals surface area contributed by atoms with Crippen molar-refractivity contribution < 1.29 is 63.7 Å². The summed E-state index contributed by atoms with van der Waals surface area (Å²) in [5, 5.41) is 10.6. The molecule has 0 saturated carbocycles. The molecule has 2 aromatic carbocycles. The second kappa shape index (κ2) is 13.1. The number of aliphatic hydroxyl groups excluding tert-OH is 1. The van der Waals surface area contributed by atoms with Gasteiger partial charge in [0.2, 0.25) is 5.60 Å². The number of carbonyl (C=O) groups excluding carboxylic acids is 2. The van der Waals surface area contributed by atoms with Gasteiger partial charge in [-0.05, 0) is 64.1 Å². The van der Waals surface area contributed by atoms with E-state index in [0.29, 0.717) is 26.5 Å². The topological polar surface area (TPSA) is 131 Å². The van der Waals surface area contributed by atoms with Gasteiger partial charge in [0.05, 0.1) is 29.3 Å². The van der Waals surface area contributed by atoms with Crippen molar-refractivity contribution in [1.82, 2.24) is 0 Å². The van der Waals surface area contributed by atoms with Gasteiger partial charge < -0.3 is 19.3 Å². The molecule has 1 unspecified atom stereocenters. The van der Waals surface area contributed by atoms with Gasteiger partial charge in [-0.1, -0.05) is 6.07 Å². The number of hydrogen-bond donors (Lipinski definition) is 2. The zero-order valence-electron chi connectivity index (χ0n) is 22.7. The van der Waals surface area contributed by atoms with E-state index in [1.807, 2.05) is 0 Å². The molecule has 10 nitrogen and oxygen atoms in total. The van der Waals surface area contributed by atoms with Crippen LogP contribution in [0.5, 0.6) is 5.75 Å². The average Bonchev–Trinajstić information content (AvgIpc) is 2.87. The molecule has 0 radical (unpaired) electrons. The van der Waals surface area contributed by atoms with E-state index >= 15 is 0 Å². The Morgan fingerprint density at radius 1 is 1.10 bits per heavy atom. The maximum atomic E-state index is 13.1. The maximum Gasteiger partial charge on any atom is 0.427 e. The zero-order chi connectivity index (χ0) is 32.1.